The van der Waals surface area contributed by atoms with E-state index in [2.05, 4.69) is 12.2 Å². The molecule has 1 aliphatic heterocycles. The second-order valence-corrected chi connectivity index (χ2v) is 8.10. The van der Waals surface area contributed by atoms with Gasteiger partial charge in [-0.25, -0.2) is 8.42 Å². The van der Waals surface area contributed by atoms with E-state index in [1.54, 1.807) is 4.31 Å². The van der Waals surface area contributed by atoms with E-state index < -0.39 is 10.0 Å². The molecule has 1 atom stereocenters. The van der Waals surface area contributed by atoms with Gasteiger partial charge in [0.1, 0.15) is 0 Å². The topological polar surface area (TPSA) is 49.4 Å². The molecule has 2 rings (SSSR count). The summed E-state index contributed by atoms with van der Waals surface area (Å²) >= 11 is 0. The van der Waals surface area contributed by atoms with Crippen LogP contribution in [0.15, 0.2) is 0 Å². The quantitative estimate of drug-likeness (QED) is 0.730. The fraction of sp³-hybridized carbons (Fsp3) is 1.00. The van der Waals surface area contributed by atoms with Crippen LogP contribution >= 0.6 is 0 Å². The largest absolute Gasteiger partial charge is 0.314 e. The SMILES string of the molecule is CC1CCCCCN1S(=O)(=O)CCCCNC1CC1. The Hall–Kier alpha value is -0.130. The first-order valence-electron chi connectivity index (χ1n) is 7.82. The Morgan fingerprint density at radius 1 is 1.11 bits per heavy atom. The van der Waals surface area contributed by atoms with Crippen molar-refractivity contribution in [2.24, 2.45) is 0 Å². The third kappa shape index (κ3) is 5.04. The number of nitrogens with zero attached hydrogens (tertiary/aromatic N) is 1. The molecule has 5 heteroatoms. The fourth-order valence-electron chi connectivity index (χ4n) is 2.78. The highest BCUT2D eigenvalue weighted by Gasteiger charge is 2.27. The van der Waals surface area contributed by atoms with Crippen molar-refractivity contribution in [3.63, 3.8) is 0 Å². The van der Waals surface area contributed by atoms with Crippen LogP contribution in [0.4, 0.5) is 0 Å². The first-order valence-corrected chi connectivity index (χ1v) is 9.43. The summed E-state index contributed by atoms with van der Waals surface area (Å²) in [7, 11) is -3.04. The van der Waals surface area contributed by atoms with E-state index in [-0.39, 0.29) is 6.04 Å². The molecule has 0 amide bonds. The minimum Gasteiger partial charge on any atom is -0.314 e. The van der Waals surface area contributed by atoms with Gasteiger partial charge in [-0.3, -0.25) is 0 Å². The van der Waals surface area contributed by atoms with Gasteiger partial charge in [0.15, 0.2) is 0 Å². The number of hydrogen-bond donors (Lipinski definition) is 1. The Morgan fingerprint density at radius 2 is 1.89 bits per heavy atom. The number of sulfonamides is 1. The van der Waals surface area contributed by atoms with Gasteiger partial charge in [-0.15, -0.1) is 0 Å². The maximum atomic E-state index is 12.4. The van der Waals surface area contributed by atoms with Crippen molar-refractivity contribution in [2.75, 3.05) is 18.8 Å². The maximum Gasteiger partial charge on any atom is 0.214 e. The molecule has 1 saturated carbocycles. The van der Waals surface area contributed by atoms with E-state index >= 15 is 0 Å². The van der Waals surface area contributed by atoms with Crippen molar-refractivity contribution in [3.05, 3.63) is 0 Å². The molecule has 1 N–H and O–H groups in total. The molecule has 19 heavy (non-hydrogen) atoms. The van der Waals surface area contributed by atoms with Crippen LogP contribution in [0.3, 0.4) is 0 Å². The van der Waals surface area contributed by atoms with E-state index in [0.29, 0.717) is 5.75 Å². The normalized spacial score (nSPS) is 26.3. The first-order chi connectivity index (χ1) is 9.09. The van der Waals surface area contributed by atoms with Crippen LogP contribution < -0.4 is 5.32 Å². The van der Waals surface area contributed by atoms with Crippen LogP contribution in [-0.2, 0) is 10.0 Å². The molecule has 1 aliphatic carbocycles. The molecule has 4 nitrogen and oxygen atoms in total. The summed E-state index contributed by atoms with van der Waals surface area (Å²) in [4.78, 5) is 0. The monoisotopic (exact) mass is 288 g/mol. The third-order valence-corrected chi connectivity index (χ3v) is 6.25. The van der Waals surface area contributed by atoms with Crippen molar-refractivity contribution in [1.82, 2.24) is 9.62 Å². The Morgan fingerprint density at radius 3 is 2.63 bits per heavy atom. The van der Waals surface area contributed by atoms with Crippen molar-refractivity contribution in [3.8, 4) is 0 Å². The molecular formula is C14H28N2O2S. The van der Waals surface area contributed by atoms with Crippen LogP contribution in [0.2, 0.25) is 0 Å². The molecule has 0 aromatic carbocycles. The smallest absolute Gasteiger partial charge is 0.214 e. The minimum atomic E-state index is -3.04. The summed E-state index contributed by atoms with van der Waals surface area (Å²) in [6, 6.07) is 0.916. The molecule has 112 valence electrons. The lowest BCUT2D eigenvalue weighted by molar-refractivity contribution is 0.341. The minimum absolute atomic E-state index is 0.192. The van der Waals surface area contributed by atoms with Crippen LogP contribution in [0.25, 0.3) is 0 Å². The Bertz CT molecular complexity index is 366. The van der Waals surface area contributed by atoms with Gasteiger partial charge in [0.05, 0.1) is 5.75 Å². The first kappa shape index (κ1) is 15.3. The highest BCUT2D eigenvalue weighted by atomic mass is 32.2. The van der Waals surface area contributed by atoms with E-state index in [1.165, 1.54) is 25.7 Å². The summed E-state index contributed by atoms with van der Waals surface area (Å²) in [5.74, 6) is 0.323. The number of nitrogens with one attached hydrogen (secondary N) is 1. The molecule has 2 aliphatic rings. The lowest BCUT2D eigenvalue weighted by Crippen LogP contribution is -2.39. The average molecular weight is 288 g/mol. The Kier molecular flexibility index (Phi) is 5.66. The number of rotatable bonds is 7. The second kappa shape index (κ2) is 7.04. The van der Waals surface area contributed by atoms with Crippen molar-refractivity contribution >= 4 is 10.0 Å². The van der Waals surface area contributed by atoms with E-state index in [0.717, 1.165) is 44.8 Å². The molecule has 0 spiro atoms. The maximum absolute atomic E-state index is 12.4. The van der Waals surface area contributed by atoms with Crippen LogP contribution in [0.5, 0.6) is 0 Å². The molecule has 0 radical (unpaired) electrons. The van der Waals surface area contributed by atoms with Crippen LogP contribution in [0, 0.1) is 0 Å². The van der Waals surface area contributed by atoms with Gasteiger partial charge < -0.3 is 5.32 Å². The van der Waals surface area contributed by atoms with Gasteiger partial charge in [-0.1, -0.05) is 12.8 Å². The van der Waals surface area contributed by atoms with Gasteiger partial charge in [-0.05, 0) is 52.0 Å². The third-order valence-electron chi connectivity index (χ3n) is 4.19. The average Bonchev–Trinajstić information content (AvgIpc) is 3.16. The standard InChI is InChI=1S/C14H28N2O2S/c1-13-7-3-2-5-11-16(13)19(17,18)12-6-4-10-15-14-8-9-14/h13-15H,2-12H2,1H3. The molecule has 0 aromatic heterocycles. The van der Waals surface area contributed by atoms with Crippen LogP contribution in [-0.4, -0.2) is 43.6 Å². The zero-order chi connectivity index (χ0) is 13.7. The summed E-state index contributed by atoms with van der Waals surface area (Å²) in [5.41, 5.74) is 0. The lowest BCUT2D eigenvalue weighted by Gasteiger charge is -2.26. The van der Waals surface area contributed by atoms with Gasteiger partial charge >= 0.3 is 0 Å². The van der Waals surface area contributed by atoms with Crippen molar-refractivity contribution in [2.45, 2.75) is 70.4 Å². The summed E-state index contributed by atoms with van der Waals surface area (Å²) < 4.78 is 26.5. The second-order valence-electron chi connectivity index (χ2n) is 6.06. The summed E-state index contributed by atoms with van der Waals surface area (Å²) in [5, 5.41) is 3.43. The van der Waals surface area contributed by atoms with Gasteiger partial charge in [0, 0.05) is 18.6 Å². The van der Waals surface area contributed by atoms with Gasteiger partial charge in [-0.2, -0.15) is 4.31 Å². The van der Waals surface area contributed by atoms with Crippen molar-refractivity contribution in [1.29, 1.82) is 0 Å². The molecule has 1 saturated heterocycles. The van der Waals surface area contributed by atoms with Crippen molar-refractivity contribution < 1.29 is 8.42 Å². The predicted octanol–water partition coefficient (Wildman–Crippen LogP) is 2.11. The lowest BCUT2D eigenvalue weighted by atomic mass is 10.1. The van der Waals surface area contributed by atoms with Gasteiger partial charge in [0.2, 0.25) is 10.0 Å². The summed E-state index contributed by atoms with van der Waals surface area (Å²) in [6.07, 6.45) is 8.71. The number of unbranched alkanes of at least 4 members (excludes halogenated alkanes) is 1. The highest BCUT2D eigenvalue weighted by molar-refractivity contribution is 7.89. The van der Waals surface area contributed by atoms with Crippen LogP contribution in [0.1, 0.15) is 58.3 Å². The van der Waals surface area contributed by atoms with E-state index in [4.69, 9.17) is 0 Å². The molecule has 0 bridgehead atoms. The Balaban J connectivity index is 1.72. The Labute approximate surface area is 118 Å². The highest BCUT2D eigenvalue weighted by Crippen LogP contribution is 2.21. The van der Waals surface area contributed by atoms with E-state index in [1.807, 2.05) is 0 Å². The zero-order valence-corrected chi connectivity index (χ0v) is 12.9. The fourth-order valence-corrected chi connectivity index (χ4v) is 4.65. The molecule has 1 unspecified atom stereocenters. The molecular weight excluding hydrogens is 260 g/mol. The summed E-state index contributed by atoms with van der Waals surface area (Å²) in [6.45, 7) is 3.75. The molecule has 2 fully saturated rings. The number of hydrogen-bond acceptors (Lipinski definition) is 3. The van der Waals surface area contributed by atoms with E-state index in [9.17, 15) is 8.42 Å². The van der Waals surface area contributed by atoms with Gasteiger partial charge in [0.25, 0.3) is 0 Å². The molecule has 0 aromatic rings. The predicted molar refractivity (Wildman–Crippen MR) is 78.7 cm³/mol. The zero-order valence-electron chi connectivity index (χ0n) is 12.1. The molecule has 1 heterocycles.